The van der Waals surface area contributed by atoms with E-state index in [-0.39, 0.29) is 11.6 Å². The molecule has 0 spiro atoms. The second kappa shape index (κ2) is 5.26. The predicted octanol–water partition coefficient (Wildman–Crippen LogP) is 1.09. The number of aromatic amines is 1. The molecule has 0 saturated heterocycles. The van der Waals surface area contributed by atoms with E-state index in [0.29, 0.717) is 16.9 Å². The predicted molar refractivity (Wildman–Crippen MR) is 71.0 cm³/mol. The fourth-order valence-corrected chi connectivity index (χ4v) is 1.84. The van der Waals surface area contributed by atoms with E-state index in [2.05, 4.69) is 25.4 Å². The fraction of sp³-hybridized carbons (Fsp3) is 0.100. The van der Waals surface area contributed by atoms with E-state index in [0.717, 1.165) is 0 Å². The standard InChI is InChI=1S/C10H10N5O5P/c16-21(17,18)5-20-15-10-7-9(12-4-11-7)13-8(14-10)6-2-1-3-19-6/h1-4H,5H2,(H2,16,17,18)(H2,11,12,13,14,15). The lowest BCUT2D eigenvalue weighted by Gasteiger charge is -2.08. The molecule has 110 valence electrons. The first-order chi connectivity index (χ1) is 10.0. The molecule has 3 rings (SSSR count). The molecular formula is C10H10N5O5P. The summed E-state index contributed by atoms with van der Waals surface area (Å²) in [7, 11) is -4.28. The molecule has 3 aromatic rings. The minimum Gasteiger partial charge on any atom is -0.461 e. The maximum atomic E-state index is 10.8. The Balaban J connectivity index is 1.92. The first-order valence-corrected chi connectivity index (χ1v) is 7.50. The maximum Gasteiger partial charge on any atom is 0.353 e. The van der Waals surface area contributed by atoms with Gasteiger partial charge in [-0.1, -0.05) is 0 Å². The second-order valence-corrected chi connectivity index (χ2v) is 5.60. The van der Waals surface area contributed by atoms with Gasteiger partial charge in [0.15, 0.2) is 29.4 Å². The van der Waals surface area contributed by atoms with Gasteiger partial charge in [0.2, 0.25) is 0 Å². The van der Waals surface area contributed by atoms with E-state index >= 15 is 0 Å². The molecule has 0 saturated carbocycles. The van der Waals surface area contributed by atoms with Crippen molar-refractivity contribution in [3.63, 3.8) is 0 Å². The van der Waals surface area contributed by atoms with Gasteiger partial charge in [-0.25, -0.2) is 20.4 Å². The first kappa shape index (κ1) is 13.7. The van der Waals surface area contributed by atoms with Crippen LogP contribution in [0.2, 0.25) is 0 Å². The van der Waals surface area contributed by atoms with Crippen LogP contribution in [0.15, 0.2) is 29.1 Å². The summed E-state index contributed by atoms with van der Waals surface area (Å²) in [6, 6.07) is 3.36. The van der Waals surface area contributed by atoms with Crippen molar-refractivity contribution >= 4 is 24.6 Å². The number of nitrogens with one attached hydrogen (secondary N) is 2. The lowest BCUT2D eigenvalue weighted by atomic mass is 10.4. The average Bonchev–Trinajstić information content (AvgIpc) is 3.08. The van der Waals surface area contributed by atoms with Crippen LogP contribution in [0.3, 0.4) is 0 Å². The number of fused-ring (bicyclic) bond motifs is 1. The zero-order chi connectivity index (χ0) is 14.9. The molecule has 0 amide bonds. The van der Waals surface area contributed by atoms with Crippen molar-refractivity contribution in [2.75, 3.05) is 11.8 Å². The molecule has 0 unspecified atom stereocenters. The Morgan fingerprint density at radius 2 is 2.29 bits per heavy atom. The summed E-state index contributed by atoms with van der Waals surface area (Å²) < 4.78 is 16.0. The summed E-state index contributed by atoms with van der Waals surface area (Å²) >= 11 is 0. The number of hydrogen-bond donors (Lipinski definition) is 4. The molecule has 0 aliphatic rings. The van der Waals surface area contributed by atoms with E-state index < -0.39 is 13.9 Å². The number of imidazole rings is 1. The topological polar surface area (TPSA) is 146 Å². The van der Waals surface area contributed by atoms with Crippen molar-refractivity contribution in [1.82, 2.24) is 19.9 Å². The fourth-order valence-electron chi connectivity index (χ4n) is 1.61. The highest BCUT2D eigenvalue weighted by atomic mass is 31.2. The molecule has 4 N–H and O–H groups in total. The van der Waals surface area contributed by atoms with Crippen LogP contribution in [-0.4, -0.2) is 36.1 Å². The summed E-state index contributed by atoms with van der Waals surface area (Å²) in [5, 5.41) is 0. The number of nitrogens with zero attached hydrogens (tertiary/aromatic N) is 3. The van der Waals surface area contributed by atoms with Crippen LogP contribution in [0.5, 0.6) is 0 Å². The Morgan fingerprint density at radius 3 is 3.00 bits per heavy atom. The highest BCUT2D eigenvalue weighted by Crippen LogP contribution is 2.34. The zero-order valence-corrected chi connectivity index (χ0v) is 11.3. The van der Waals surface area contributed by atoms with Crippen molar-refractivity contribution in [2.24, 2.45) is 0 Å². The van der Waals surface area contributed by atoms with Gasteiger partial charge in [-0.3, -0.25) is 9.40 Å². The van der Waals surface area contributed by atoms with Gasteiger partial charge < -0.3 is 19.2 Å². The van der Waals surface area contributed by atoms with Gasteiger partial charge in [0.05, 0.1) is 12.6 Å². The number of rotatable bonds is 5. The highest BCUT2D eigenvalue weighted by Gasteiger charge is 2.16. The van der Waals surface area contributed by atoms with Crippen LogP contribution in [-0.2, 0) is 9.40 Å². The van der Waals surface area contributed by atoms with E-state index in [1.54, 1.807) is 12.1 Å². The van der Waals surface area contributed by atoms with Crippen LogP contribution >= 0.6 is 7.60 Å². The van der Waals surface area contributed by atoms with E-state index in [4.69, 9.17) is 19.0 Å². The molecule has 0 fully saturated rings. The third kappa shape index (κ3) is 3.09. The van der Waals surface area contributed by atoms with Crippen molar-refractivity contribution in [1.29, 1.82) is 0 Å². The zero-order valence-electron chi connectivity index (χ0n) is 10.4. The van der Waals surface area contributed by atoms with Crippen LogP contribution in [0, 0.1) is 0 Å². The Hall–Kier alpha value is -2.26. The van der Waals surface area contributed by atoms with Gasteiger partial charge >= 0.3 is 7.60 Å². The summed E-state index contributed by atoms with van der Waals surface area (Å²) in [5.41, 5.74) is 3.18. The SMILES string of the molecule is O=P(O)(O)CONc1nc(-c2ccco2)nc2nc[nH]c12. The summed E-state index contributed by atoms with van der Waals surface area (Å²) in [5.74, 6) is 0.886. The van der Waals surface area contributed by atoms with Gasteiger partial charge in [-0.15, -0.1) is 0 Å². The monoisotopic (exact) mass is 311 g/mol. The molecule has 3 heterocycles. The smallest absolute Gasteiger partial charge is 0.353 e. The number of aromatic nitrogens is 4. The minimum absolute atomic E-state index is 0.192. The van der Waals surface area contributed by atoms with Gasteiger partial charge in [0.25, 0.3) is 0 Å². The molecule has 0 atom stereocenters. The van der Waals surface area contributed by atoms with Gasteiger partial charge in [0, 0.05) is 0 Å². The summed E-state index contributed by atoms with van der Waals surface area (Å²) in [6.45, 7) is 0. The van der Waals surface area contributed by atoms with Crippen LogP contribution < -0.4 is 5.48 Å². The molecule has 0 radical (unpaired) electrons. The summed E-state index contributed by atoms with van der Waals surface area (Å²) in [6.07, 6.45) is 2.10. The normalized spacial score (nSPS) is 11.9. The number of anilines is 1. The third-order valence-electron chi connectivity index (χ3n) is 2.43. The quantitative estimate of drug-likeness (QED) is 0.401. The van der Waals surface area contributed by atoms with E-state index in [1.807, 2.05) is 0 Å². The molecule has 11 heteroatoms. The Morgan fingerprint density at radius 1 is 1.43 bits per heavy atom. The van der Waals surface area contributed by atoms with Crippen LogP contribution in [0.4, 0.5) is 5.82 Å². The lowest BCUT2D eigenvalue weighted by Crippen LogP contribution is -2.06. The Bertz CT molecular complexity index is 795. The van der Waals surface area contributed by atoms with E-state index in [1.165, 1.54) is 12.6 Å². The van der Waals surface area contributed by atoms with Crippen molar-refractivity contribution in [2.45, 2.75) is 0 Å². The number of H-pyrrole nitrogens is 1. The molecule has 3 aromatic heterocycles. The molecule has 10 nitrogen and oxygen atoms in total. The third-order valence-corrected chi connectivity index (χ3v) is 2.89. The lowest BCUT2D eigenvalue weighted by molar-refractivity contribution is 0.212. The average molecular weight is 311 g/mol. The Labute approximate surface area is 117 Å². The van der Waals surface area contributed by atoms with Crippen molar-refractivity contribution in [3.8, 4) is 11.6 Å². The largest absolute Gasteiger partial charge is 0.461 e. The number of furan rings is 1. The highest BCUT2D eigenvalue weighted by molar-refractivity contribution is 7.51. The number of hydrogen-bond acceptors (Lipinski definition) is 7. The second-order valence-electron chi connectivity index (χ2n) is 4.01. The Kier molecular flexibility index (Phi) is 3.43. The molecule has 0 bridgehead atoms. The van der Waals surface area contributed by atoms with Crippen molar-refractivity contribution in [3.05, 3.63) is 24.7 Å². The van der Waals surface area contributed by atoms with Crippen molar-refractivity contribution < 1.29 is 23.6 Å². The first-order valence-electron chi connectivity index (χ1n) is 5.70. The maximum absolute atomic E-state index is 10.8. The molecule has 0 aliphatic heterocycles. The molecule has 21 heavy (non-hydrogen) atoms. The van der Waals surface area contributed by atoms with E-state index in [9.17, 15) is 4.57 Å². The molecule has 0 aromatic carbocycles. The van der Waals surface area contributed by atoms with Crippen LogP contribution in [0.25, 0.3) is 22.7 Å². The van der Waals surface area contributed by atoms with Gasteiger partial charge in [-0.05, 0) is 12.1 Å². The van der Waals surface area contributed by atoms with Gasteiger partial charge in [-0.2, -0.15) is 0 Å². The molecule has 0 aliphatic carbocycles. The molecular weight excluding hydrogens is 301 g/mol. The minimum atomic E-state index is -4.28. The summed E-state index contributed by atoms with van der Waals surface area (Å²) in [4.78, 5) is 37.4. The van der Waals surface area contributed by atoms with Crippen LogP contribution in [0.1, 0.15) is 0 Å². The van der Waals surface area contributed by atoms with Gasteiger partial charge in [0.1, 0.15) is 5.52 Å².